The van der Waals surface area contributed by atoms with Crippen LogP contribution in [0.5, 0.6) is 17.2 Å². The minimum Gasteiger partial charge on any atom is -0.493 e. The van der Waals surface area contributed by atoms with Gasteiger partial charge in [0.2, 0.25) is 5.75 Å². The molecule has 0 atom stereocenters. The monoisotopic (exact) mass is 418 g/mol. The fourth-order valence-electron chi connectivity index (χ4n) is 3.70. The number of carbonyl (C=O) groups is 1. The standard InChI is InChI=1S/C25H24N2O4.H2/c1-29-21-13-17(14-22(30-2)23(21)31-3)18-12-20-19(25(28)27-24(20)26-15-18)11-7-10-16-8-5-4-6-9-16;/h4-6,8-9,11-15H,7,10H2,1-3H3,(H,26,27,28);1H/b19-11+;. The summed E-state index contributed by atoms with van der Waals surface area (Å²) in [5, 5.41) is 2.85. The van der Waals surface area contributed by atoms with Crippen LogP contribution in [0.4, 0.5) is 5.82 Å². The van der Waals surface area contributed by atoms with Crippen LogP contribution in [0.15, 0.2) is 60.8 Å². The van der Waals surface area contributed by atoms with E-state index in [0.717, 1.165) is 29.5 Å². The van der Waals surface area contributed by atoms with Crippen molar-refractivity contribution >= 4 is 17.3 Å². The van der Waals surface area contributed by atoms with E-state index in [2.05, 4.69) is 22.4 Å². The van der Waals surface area contributed by atoms with Crippen molar-refractivity contribution < 1.29 is 20.4 Å². The Bertz CT molecular complexity index is 1120. The molecular formula is C25H26N2O4. The lowest BCUT2D eigenvalue weighted by molar-refractivity contribution is -0.110. The fourth-order valence-corrected chi connectivity index (χ4v) is 3.70. The van der Waals surface area contributed by atoms with E-state index in [1.54, 1.807) is 27.5 Å². The predicted molar refractivity (Wildman–Crippen MR) is 123 cm³/mol. The Morgan fingerprint density at radius 1 is 0.968 bits per heavy atom. The van der Waals surface area contributed by atoms with Crippen molar-refractivity contribution in [1.29, 1.82) is 0 Å². The molecule has 0 bridgehead atoms. The van der Waals surface area contributed by atoms with Crippen LogP contribution < -0.4 is 19.5 Å². The molecule has 3 aromatic rings. The highest BCUT2D eigenvalue weighted by molar-refractivity contribution is 6.31. The van der Waals surface area contributed by atoms with Crippen LogP contribution in [-0.4, -0.2) is 32.2 Å². The van der Waals surface area contributed by atoms with Gasteiger partial charge in [-0.1, -0.05) is 36.4 Å². The summed E-state index contributed by atoms with van der Waals surface area (Å²) in [7, 11) is 4.73. The van der Waals surface area contributed by atoms with Crippen LogP contribution in [-0.2, 0) is 11.2 Å². The summed E-state index contributed by atoms with van der Waals surface area (Å²) in [6.07, 6.45) is 5.34. The average Bonchev–Trinajstić information content (AvgIpc) is 3.13. The van der Waals surface area contributed by atoms with Gasteiger partial charge in [-0.3, -0.25) is 4.79 Å². The minimum atomic E-state index is -0.127. The van der Waals surface area contributed by atoms with Crippen molar-refractivity contribution in [3.8, 4) is 28.4 Å². The Hall–Kier alpha value is -3.80. The highest BCUT2D eigenvalue weighted by Crippen LogP contribution is 2.42. The van der Waals surface area contributed by atoms with Gasteiger partial charge in [-0.2, -0.15) is 0 Å². The number of ether oxygens (including phenoxy) is 3. The molecule has 160 valence electrons. The number of nitrogens with zero attached hydrogens (tertiary/aromatic N) is 1. The highest BCUT2D eigenvalue weighted by atomic mass is 16.5. The fraction of sp³-hybridized carbons (Fsp3) is 0.200. The summed E-state index contributed by atoms with van der Waals surface area (Å²) in [6, 6.07) is 15.9. The molecule has 2 heterocycles. The van der Waals surface area contributed by atoms with Crippen LogP contribution in [0.3, 0.4) is 0 Å². The molecule has 1 aliphatic rings. The number of nitrogens with one attached hydrogen (secondary N) is 1. The maximum Gasteiger partial charge on any atom is 0.257 e. The lowest BCUT2D eigenvalue weighted by atomic mass is 10.0. The molecule has 2 aromatic carbocycles. The second-order valence-electron chi connectivity index (χ2n) is 7.13. The Morgan fingerprint density at radius 2 is 1.68 bits per heavy atom. The number of rotatable bonds is 7. The molecule has 0 spiro atoms. The Labute approximate surface area is 183 Å². The molecule has 4 rings (SSSR count). The van der Waals surface area contributed by atoms with Crippen LogP contribution in [0.1, 0.15) is 19.0 Å². The Kier molecular flexibility index (Phi) is 5.89. The summed E-state index contributed by atoms with van der Waals surface area (Å²) < 4.78 is 16.3. The van der Waals surface area contributed by atoms with Crippen LogP contribution in [0.2, 0.25) is 0 Å². The molecule has 6 heteroatoms. The molecule has 0 unspecified atom stereocenters. The summed E-state index contributed by atoms with van der Waals surface area (Å²) >= 11 is 0. The van der Waals surface area contributed by atoms with E-state index in [1.807, 2.05) is 42.5 Å². The van der Waals surface area contributed by atoms with Gasteiger partial charge in [0.1, 0.15) is 5.82 Å². The number of hydrogen-bond acceptors (Lipinski definition) is 5. The maximum absolute atomic E-state index is 12.5. The van der Waals surface area contributed by atoms with Gasteiger partial charge in [-0.25, -0.2) is 4.98 Å². The summed E-state index contributed by atoms with van der Waals surface area (Å²) in [6.45, 7) is 0. The van der Waals surface area contributed by atoms with E-state index >= 15 is 0 Å². The zero-order valence-corrected chi connectivity index (χ0v) is 17.8. The normalized spacial score (nSPS) is 13.6. The number of aryl methyl sites for hydroxylation is 1. The summed E-state index contributed by atoms with van der Waals surface area (Å²) in [5.41, 5.74) is 4.38. The largest absolute Gasteiger partial charge is 0.493 e. The van der Waals surface area contributed by atoms with Gasteiger partial charge < -0.3 is 19.5 Å². The number of carbonyl (C=O) groups excluding carboxylic acids is 1. The van der Waals surface area contributed by atoms with Gasteiger partial charge in [0.25, 0.3) is 5.91 Å². The lowest BCUT2D eigenvalue weighted by Crippen LogP contribution is -2.04. The minimum absolute atomic E-state index is 0. The van der Waals surface area contributed by atoms with Crippen molar-refractivity contribution in [3.05, 3.63) is 71.9 Å². The second kappa shape index (κ2) is 8.92. The first kappa shape index (κ1) is 20.5. The number of aromatic nitrogens is 1. The smallest absolute Gasteiger partial charge is 0.257 e. The molecule has 1 aromatic heterocycles. The number of amides is 1. The van der Waals surface area contributed by atoms with Gasteiger partial charge in [-0.15, -0.1) is 0 Å². The van der Waals surface area contributed by atoms with Crippen molar-refractivity contribution in [2.45, 2.75) is 12.8 Å². The van der Waals surface area contributed by atoms with Gasteiger partial charge in [0.05, 0.1) is 21.3 Å². The molecule has 0 radical (unpaired) electrons. The first-order valence-corrected chi connectivity index (χ1v) is 10.0. The molecule has 1 aliphatic heterocycles. The molecule has 6 nitrogen and oxygen atoms in total. The highest BCUT2D eigenvalue weighted by Gasteiger charge is 2.26. The zero-order valence-electron chi connectivity index (χ0n) is 17.8. The van der Waals surface area contributed by atoms with E-state index in [0.29, 0.717) is 28.6 Å². The molecular weight excluding hydrogens is 392 g/mol. The van der Waals surface area contributed by atoms with Gasteiger partial charge in [0, 0.05) is 24.3 Å². The SMILES string of the molecule is COc1cc(-c2cnc3c(c2)/C(=C\CCc2ccccc2)C(=O)N3)cc(OC)c1OC.[HH]. The van der Waals surface area contributed by atoms with Crippen molar-refractivity contribution in [2.24, 2.45) is 0 Å². The topological polar surface area (TPSA) is 69.7 Å². The third-order valence-corrected chi connectivity index (χ3v) is 5.28. The number of hydrogen-bond donors (Lipinski definition) is 1. The van der Waals surface area contributed by atoms with Gasteiger partial charge in [-0.05, 0) is 42.2 Å². The molecule has 31 heavy (non-hydrogen) atoms. The van der Waals surface area contributed by atoms with E-state index in [4.69, 9.17) is 14.2 Å². The van der Waals surface area contributed by atoms with Crippen LogP contribution >= 0.6 is 0 Å². The van der Waals surface area contributed by atoms with Crippen molar-refractivity contribution in [2.75, 3.05) is 26.6 Å². The number of anilines is 1. The lowest BCUT2D eigenvalue weighted by Gasteiger charge is -2.14. The number of methoxy groups -OCH3 is 3. The molecule has 1 amide bonds. The van der Waals surface area contributed by atoms with Crippen LogP contribution in [0.25, 0.3) is 16.7 Å². The zero-order chi connectivity index (χ0) is 21.8. The number of allylic oxidation sites excluding steroid dienone is 1. The van der Waals surface area contributed by atoms with Crippen LogP contribution in [0, 0.1) is 0 Å². The van der Waals surface area contributed by atoms with Crippen molar-refractivity contribution in [3.63, 3.8) is 0 Å². The van der Waals surface area contributed by atoms with Gasteiger partial charge in [0.15, 0.2) is 11.5 Å². The number of benzene rings is 2. The molecule has 1 N–H and O–H groups in total. The first-order valence-electron chi connectivity index (χ1n) is 10.0. The van der Waals surface area contributed by atoms with Gasteiger partial charge >= 0.3 is 0 Å². The third-order valence-electron chi connectivity index (χ3n) is 5.28. The van der Waals surface area contributed by atoms with E-state index in [9.17, 15) is 4.79 Å². The maximum atomic E-state index is 12.5. The second-order valence-corrected chi connectivity index (χ2v) is 7.13. The number of pyridine rings is 1. The average molecular weight is 418 g/mol. The van der Waals surface area contributed by atoms with E-state index in [1.165, 1.54) is 5.56 Å². The number of fused-ring (bicyclic) bond motifs is 1. The predicted octanol–water partition coefficient (Wildman–Crippen LogP) is 4.99. The molecule has 0 fully saturated rings. The summed E-state index contributed by atoms with van der Waals surface area (Å²) in [5.74, 6) is 2.10. The van der Waals surface area contributed by atoms with E-state index in [-0.39, 0.29) is 7.33 Å². The molecule has 0 aliphatic carbocycles. The molecule has 0 saturated carbocycles. The van der Waals surface area contributed by atoms with Crippen molar-refractivity contribution in [1.82, 2.24) is 4.98 Å². The quantitative estimate of drug-likeness (QED) is 0.548. The summed E-state index contributed by atoms with van der Waals surface area (Å²) in [4.78, 5) is 17.0. The molecule has 0 saturated heterocycles. The third kappa shape index (κ3) is 4.10. The Balaban J connectivity index is 0.00000289. The van der Waals surface area contributed by atoms with E-state index < -0.39 is 0 Å². The Morgan fingerprint density at radius 3 is 2.32 bits per heavy atom. The first-order chi connectivity index (χ1) is 15.1.